The molecule has 0 rings (SSSR count). The van der Waals surface area contributed by atoms with Crippen LogP contribution in [0.4, 0.5) is 0 Å². The number of hydrogen-bond acceptors (Lipinski definition) is 5. The summed E-state index contributed by atoms with van der Waals surface area (Å²) in [5.74, 6) is -0.0124. The van der Waals surface area contributed by atoms with Crippen molar-refractivity contribution in [1.29, 1.82) is 0 Å². The van der Waals surface area contributed by atoms with E-state index in [1.165, 1.54) is 327 Å². The van der Waals surface area contributed by atoms with Gasteiger partial charge in [-0.25, -0.2) is 0 Å². The lowest BCUT2D eigenvalue weighted by Gasteiger charge is -2.22. The van der Waals surface area contributed by atoms with Crippen molar-refractivity contribution in [1.82, 2.24) is 5.32 Å². The summed E-state index contributed by atoms with van der Waals surface area (Å²) < 4.78 is 5.51. The van der Waals surface area contributed by atoms with Gasteiger partial charge in [0.2, 0.25) is 5.91 Å². The Morgan fingerprint density at radius 1 is 0.350 bits per heavy atom. The molecule has 0 aromatic carbocycles. The van der Waals surface area contributed by atoms with Crippen LogP contribution in [0.2, 0.25) is 0 Å². The molecule has 0 saturated heterocycles. The first-order valence-electron chi connectivity index (χ1n) is 36.6. The molecule has 3 N–H and O–H groups in total. The fourth-order valence-corrected chi connectivity index (χ4v) is 11.7. The second kappa shape index (κ2) is 69.8. The van der Waals surface area contributed by atoms with E-state index in [1.807, 2.05) is 0 Å². The van der Waals surface area contributed by atoms with E-state index in [4.69, 9.17) is 4.74 Å². The Hall–Kier alpha value is -1.66. The topological polar surface area (TPSA) is 95.9 Å². The zero-order valence-electron chi connectivity index (χ0n) is 54.3. The fraction of sp³-hybridized carbons (Fsp3) is 0.919. The summed E-state index contributed by atoms with van der Waals surface area (Å²) in [4.78, 5) is 24.6. The van der Waals surface area contributed by atoms with Gasteiger partial charge in [0.1, 0.15) is 0 Å². The van der Waals surface area contributed by atoms with Crippen LogP contribution in [0.15, 0.2) is 24.3 Å². The molecule has 0 aliphatic rings. The highest BCUT2D eigenvalue weighted by molar-refractivity contribution is 5.76. The largest absolute Gasteiger partial charge is 0.466 e. The van der Waals surface area contributed by atoms with Crippen LogP contribution in [0.25, 0.3) is 0 Å². The van der Waals surface area contributed by atoms with Gasteiger partial charge < -0.3 is 20.3 Å². The first kappa shape index (κ1) is 78.3. The smallest absolute Gasteiger partial charge is 0.305 e. The third-order valence-corrected chi connectivity index (χ3v) is 17.3. The summed E-state index contributed by atoms with van der Waals surface area (Å²) in [5, 5.41) is 23.4. The summed E-state index contributed by atoms with van der Waals surface area (Å²) in [6.45, 7) is 4.97. The maximum absolute atomic E-state index is 12.5. The average molecular weight is 1130 g/mol. The summed E-state index contributed by atoms with van der Waals surface area (Å²) in [6, 6.07) is -0.539. The lowest BCUT2D eigenvalue weighted by molar-refractivity contribution is -0.143. The minimum absolute atomic E-state index is 0.0159. The highest BCUT2D eigenvalue weighted by Crippen LogP contribution is 2.19. The minimum Gasteiger partial charge on any atom is -0.466 e. The Balaban J connectivity index is 3.33. The van der Waals surface area contributed by atoms with Gasteiger partial charge in [-0.3, -0.25) is 9.59 Å². The molecular formula is C74H143NO5. The molecule has 6 heteroatoms. The Labute approximate surface area is 501 Å². The molecule has 0 aromatic heterocycles. The van der Waals surface area contributed by atoms with Gasteiger partial charge in [0.15, 0.2) is 0 Å². The molecule has 2 atom stereocenters. The van der Waals surface area contributed by atoms with Crippen molar-refractivity contribution in [2.75, 3.05) is 13.2 Å². The van der Waals surface area contributed by atoms with E-state index in [0.717, 1.165) is 51.4 Å². The summed E-state index contributed by atoms with van der Waals surface area (Å²) in [5.41, 5.74) is 0. The molecule has 0 saturated carbocycles. The van der Waals surface area contributed by atoms with Crippen LogP contribution in [0.3, 0.4) is 0 Å². The van der Waals surface area contributed by atoms with E-state index >= 15 is 0 Å². The predicted octanol–water partition coefficient (Wildman–Crippen LogP) is 23.7. The van der Waals surface area contributed by atoms with Crippen molar-refractivity contribution in [2.24, 2.45) is 0 Å². The number of ether oxygens (including phenoxy) is 1. The molecule has 0 aromatic rings. The van der Waals surface area contributed by atoms with Crippen LogP contribution < -0.4 is 5.32 Å². The van der Waals surface area contributed by atoms with E-state index in [2.05, 4.69) is 43.5 Å². The number of esters is 1. The van der Waals surface area contributed by atoms with Crippen LogP contribution in [-0.4, -0.2) is 47.4 Å². The molecule has 0 aliphatic heterocycles. The maximum Gasteiger partial charge on any atom is 0.305 e. The monoisotopic (exact) mass is 1130 g/mol. The summed E-state index contributed by atoms with van der Waals surface area (Å²) in [7, 11) is 0. The third kappa shape index (κ3) is 65.5. The van der Waals surface area contributed by atoms with Crippen LogP contribution in [0.1, 0.15) is 412 Å². The number of aliphatic hydroxyl groups excluding tert-OH is 2. The number of carbonyl (C=O) groups is 2. The van der Waals surface area contributed by atoms with Crippen LogP contribution in [-0.2, 0) is 14.3 Å². The number of unbranched alkanes of at least 4 members (excludes halogenated alkanes) is 54. The number of hydrogen-bond donors (Lipinski definition) is 3. The van der Waals surface area contributed by atoms with E-state index in [-0.39, 0.29) is 18.5 Å². The van der Waals surface area contributed by atoms with Crippen LogP contribution in [0.5, 0.6) is 0 Å². The zero-order chi connectivity index (χ0) is 57.8. The number of nitrogens with one attached hydrogen (secondary N) is 1. The standard InChI is InChI=1S/C74H143NO5/c1-3-5-7-9-11-13-15-17-19-21-32-36-40-44-48-52-56-60-64-68-74(79)80-69-65-61-57-53-49-45-41-37-34-31-29-27-25-23-22-24-26-28-30-33-35-39-43-47-51-55-59-63-67-73(78)75-71(70-76)72(77)66-62-58-54-50-46-42-38-20-18-16-14-12-10-8-6-4-2/h11,13,17,19,71-72,76-77H,3-10,12,14-16,18,20-70H2,1-2H3,(H,75,78)/b13-11-,19-17-. The molecule has 0 aliphatic carbocycles. The Morgan fingerprint density at radius 2 is 0.625 bits per heavy atom. The van der Waals surface area contributed by atoms with Gasteiger partial charge in [0, 0.05) is 12.8 Å². The molecule has 80 heavy (non-hydrogen) atoms. The molecule has 0 radical (unpaired) electrons. The lowest BCUT2D eigenvalue weighted by atomic mass is 10.0. The molecular weight excluding hydrogens is 983 g/mol. The number of allylic oxidation sites excluding steroid dienone is 4. The third-order valence-electron chi connectivity index (χ3n) is 17.3. The number of rotatable bonds is 69. The van der Waals surface area contributed by atoms with Crippen molar-refractivity contribution < 1.29 is 24.5 Å². The van der Waals surface area contributed by atoms with Gasteiger partial charge in [-0.05, 0) is 57.8 Å². The molecule has 0 spiro atoms. The number of amides is 1. The van der Waals surface area contributed by atoms with Gasteiger partial charge >= 0.3 is 5.97 Å². The van der Waals surface area contributed by atoms with E-state index < -0.39 is 12.1 Å². The molecule has 6 nitrogen and oxygen atoms in total. The Morgan fingerprint density at radius 3 is 0.975 bits per heavy atom. The van der Waals surface area contributed by atoms with Gasteiger partial charge in [-0.15, -0.1) is 0 Å². The quantitative estimate of drug-likeness (QED) is 0.0320. The average Bonchev–Trinajstić information content (AvgIpc) is 3.46. The van der Waals surface area contributed by atoms with Crippen molar-refractivity contribution in [2.45, 2.75) is 424 Å². The van der Waals surface area contributed by atoms with Crippen molar-refractivity contribution in [3.63, 3.8) is 0 Å². The van der Waals surface area contributed by atoms with E-state index in [9.17, 15) is 19.8 Å². The SMILES string of the molecule is CCCCC/C=C\C/C=C\CCCCCCCCCCCC(=O)OCCCCCCCCCCCCCCCCCCCCCCCCCCCCCCC(=O)NC(CO)C(O)CCCCCCCCCCCCCCCCCC. The molecule has 1 amide bonds. The highest BCUT2D eigenvalue weighted by atomic mass is 16.5. The molecule has 0 heterocycles. The molecule has 0 bridgehead atoms. The van der Waals surface area contributed by atoms with Crippen LogP contribution >= 0.6 is 0 Å². The maximum atomic E-state index is 12.5. The number of aliphatic hydroxyl groups is 2. The predicted molar refractivity (Wildman–Crippen MR) is 352 cm³/mol. The molecule has 0 fully saturated rings. The van der Waals surface area contributed by atoms with Gasteiger partial charge in [0.25, 0.3) is 0 Å². The minimum atomic E-state index is -0.662. The Bertz CT molecular complexity index is 1250. The second-order valence-electron chi connectivity index (χ2n) is 25.3. The van der Waals surface area contributed by atoms with Crippen molar-refractivity contribution >= 4 is 11.9 Å². The van der Waals surface area contributed by atoms with Crippen molar-refractivity contribution in [3.8, 4) is 0 Å². The highest BCUT2D eigenvalue weighted by Gasteiger charge is 2.20. The summed E-state index contributed by atoms with van der Waals surface area (Å²) in [6.07, 6.45) is 88.1. The Kier molecular flexibility index (Phi) is 68.4. The number of carbonyl (C=O) groups excluding carboxylic acids is 2. The van der Waals surface area contributed by atoms with Crippen molar-refractivity contribution in [3.05, 3.63) is 24.3 Å². The van der Waals surface area contributed by atoms with Crippen LogP contribution in [0, 0.1) is 0 Å². The fourth-order valence-electron chi connectivity index (χ4n) is 11.7. The lowest BCUT2D eigenvalue weighted by Crippen LogP contribution is -2.45. The van der Waals surface area contributed by atoms with Gasteiger partial charge in [-0.1, -0.05) is 366 Å². The molecule has 474 valence electrons. The first-order chi connectivity index (χ1) is 39.5. The normalized spacial score (nSPS) is 12.6. The summed E-state index contributed by atoms with van der Waals surface area (Å²) >= 11 is 0. The first-order valence-corrected chi connectivity index (χ1v) is 36.6. The zero-order valence-corrected chi connectivity index (χ0v) is 54.3. The van der Waals surface area contributed by atoms with E-state index in [1.54, 1.807) is 0 Å². The van der Waals surface area contributed by atoms with Gasteiger partial charge in [0.05, 0.1) is 25.4 Å². The van der Waals surface area contributed by atoms with E-state index in [0.29, 0.717) is 25.9 Å². The molecule has 2 unspecified atom stereocenters. The second-order valence-corrected chi connectivity index (χ2v) is 25.3. The van der Waals surface area contributed by atoms with Gasteiger partial charge in [-0.2, -0.15) is 0 Å².